The van der Waals surface area contributed by atoms with E-state index in [2.05, 4.69) is 67.5 Å². The highest BCUT2D eigenvalue weighted by molar-refractivity contribution is 6.30. The Hall–Kier alpha value is -13.1. The fourth-order valence-corrected chi connectivity index (χ4v) is 15.6. The van der Waals surface area contributed by atoms with Crippen molar-refractivity contribution >= 4 is 116 Å². The minimum Gasteiger partial charge on any atom is -0.482 e. The van der Waals surface area contributed by atoms with Gasteiger partial charge in [0.2, 0.25) is 0 Å². The molecule has 12 aromatic rings. The summed E-state index contributed by atoms with van der Waals surface area (Å²) in [5.74, 6) is -5.02. The molecule has 3 aliphatic carbocycles. The second-order valence-electron chi connectivity index (χ2n) is 28.6. The largest absolute Gasteiger partial charge is 0.482 e. The average molecular weight is 1640 g/mol. The fourth-order valence-electron chi connectivity index (χ4n) is 15.1. The minimum atomic E-state index is -1.02. The number of hydrogen-bond acceptors (Lipinski definition) is 17. The SMILES string of the molecule is CC(=O)c1ccc2c(c1C)CC[C@@H]2NC(=O)c1cc(C(=O)NCc2ccc(F)c(C)c2)nc2cc(Cl)nn12.CC(=O)c1ccc2c(c1C)CC[C@@H]2NC(=O)c1cc(C(=O)NCc2ccc(F)c(F)c2)nc2cc(Cl)nn12.CC(=O)c1ccc2c(c1C)CC[C@@H]2NC(=O)c1cc(C(=O)NCc2ccc3c(c2)NC(=O)CO3)nc2cc(Cl)nn12. The predicted molar refractivity (Wildman–Crippen MR) is 425 cm³/mol. The number of halogens is 6. The molecule has 117 heavy (non-hydrogen) atoms. The highest BCUT2D eigenvalue weighted by atomic mass is 35.5. The molecule has 16 rings (SSSR count). The Bertz CT molecular complexity index is 5980. The number of carbonyl (C=O) groups excluding carboxylic acids is 10. The molecule has 33 heteroatoms. The van der Waals surface area contributed by atoms with Gasteiger partial charge in [0.1, 0.15) is 45.7 Å². The van der Waals surface area contributed by atoms with Gasteiger partial charge in [-0.05, 0) is 190 Å². The third kappa shape index (κ3) is 17.1. The molecule has 3 atom stereocenters. The highest BCUT2D eigenvalue weighted by Crippen LogP contribution is 2.39. The molecule has 0 fully saturated rings. The Balaban J connectivity index is 0.000000145. The second-order valence-corrected chi connectivity index (χ2v) is 29.8. The van der Waals surface area contributed by atoms with Crippen LogP contribution >= 0.6 is 34.8 Å². The first-order valence-electron chi connectivity index (χ1n) is 37.0. The number of ether oxygens (including phenoxy) is 1. The first kappa shape index (κ1) is 80.5. The van der Waals surface area contributed by atoms with Crippen LogP contribution in [0.3, 0.4) is 0 Å². The summed E-state index contributed by atoms with van der Waals surface area (Å²) in [6, 6.07) is 31.7. The van der Waals surface area contributed by atoms with Crippen LogP contribution in [0.5, 0.6) is 5.75 Å². The lowest BCUT2D eigenvalue weighted by atomic mass is 9.96. The summed E-state index contributed by atoms with van der Waals surface area (Å²) in [5.41, 5.74) is 14.6. The highest BCUT2D eigenvalue weighted by Gasteiger charge is 2.34. The van der Waals surface area contributed by atoms with Gasteiger partial charge in [0, 0.05) is 72.7 Å². The first-order valence-corrected chi connectivity index (χ1v) is 38.2. The number of ketones is 3. The van der Waals surface area contributed by atoms with Crippen LogP contribution < -0.4 is 42.0 Å². The van der Waals surface area contributed by atoms with Gasteiger partial charge in [0.05, 0.1) is 23.8 Å². The van der Waals surface area contributed by atoms with Gasteiger partial charge in [-0.1, -0.05) is 95.5 Å². The van der Waals surface area contributed by atoms with Gasteiger partial charge in [-0.25, -0.2) is 41.7 Å². The lowest BCUT2D eigenvalue weighted by Crippen LogP contribution is -2.30. The normalized spacial score (nSPS) is 14.8. The molecule has 0 saturated carbocycles. The van der Waals surface area contributed by atoms with Crippen LogP contribution in [-0.2, 0) is 43.7 Å². The van der Waals surface area contributed by atoms with Crippen molar-refractivity contribution < 1.29 is 65.9 Å². The Morgan fingerprint density at radius 2 is 0.786 bits per heavy atom. The molecule has 1 aliphatic heterocycles. The molecule has 0 bridgehead atoms. The molecule has 0 saturated heterocycles. The van der Waals surface area contributed by atoms with E-state index < -0.39 is 47.1 Å². The van der Waals surface area contributed by atoms with E-state index in [4.69, 9.17) is 39.5 Å². The lowest BCUT2D eigenvalue weighted by Gasteiger charge is -2.18. The van der Waals surface area contributed by atoms with Gasteiger partial charge in [-0.15, -0.1) is 0 Å². The molecule has 596 valence electrons. The van der Waals surface area contributed by atoms with Crippen molar-refractivity contribution in [2.45, 2.75) is 125 Å². The average Bonchev–Trinajstić information content (AvgIpc) is 1.67. The van der Waals surface area contributed by atoms with Crippen LogP contribution in [0.1, 0.15) is 224 Å². The summed E-state index contributed by atoms with van der Waals surface area (Å²) in [7, 11) is 0. The third-order valence-electron chi connectivity index (χ3n) is 21.0. The van der Waals surface area contributed by atoms with Crippen molar-refractivity contribution in [2.75, 3.05) is 11.9 Å². The topological polar surface area (TPSA) is 355 Å². The summed E-state index contributed by atoms with van der Waals surface area (Å²) in [4.78, 5) is 140. The molecule has 0 radical (unpaired) electrons. The maximum Gasteiger partial charge on any atom is 0.270 e. The van der Waals surface area contributed by atoms with Crippen molar-refractivity contribution in [3.63, 3.8) is 0 Å². The number of Topliss-reactive ketones (excluding diaryl/α,β-unsaturated/α-hetero) is 3. The number of aromatic nitrogens is 9. The summed E-state index contributed by atoms with van der Waals surface area (Å²) < 4.78 is 49.5. The fraction of sp³-hybridized carbons (Fsp3) is 0.238. The molecular weight excluding hydrogens is 1570 g/mol. The standard InChI is InChI=1S/C29H25ClN6O5.C28H25ClFN5O3.C27H22ClF2N5O3/c1-14-17(15(2)37)4-5-19-18(14)6-7-20(19)34-29(40)23-10-22(32-26-11-25(30)35-36(23)26)28(39)31-12-16-3-8-24-21(9-16)33-27(38)13-41-24;1-14-10-17(4-8-21(14)30)13-31-27(37)23-11-24(35-26(32-23)12-25(29)34-35)28(38)33-22-9-7-19-15(2)18(16(3)36)5-6-20(19)22;1-13-16(14(2)36)4-5-18-17(13)6-8-21(18)33-27(38)23-10-22(32-25-11-24(28)34-35(23)25)26(37)31-12-15-3-7-19(29)20(30)9-15/h3-5,8-11,20H,6-7,12-13H2,1-2H3,(H,31,39)(H,33,38)(H,34,40);4-6,8,10-12,22H,7,9,13H2,1-3H3,(H,31,37)(H,33,38);3-5,7,9-11,21H,6,8,12H2,1-2H3,(H,31,37)(H,33,38)/t20-;22-;21-/m000/s1. The van der Waals surface area contributed by atoms with E-state index in [9.17, 15) is 61.1 Å². The molecule has 6 aromatic heterocycles. The lowest BCUT2D eigenvalue weighted by molar-refractivity contribution is -0.118. The van der Waals surface area contributed by atoms with Gasteiger partial charge in [-0.3, -0.25) is 47.9 Å². The first-order chi connectivity index (χ1) is 55.9. The van der Waals surface area contributed by atoms with Crippen molar-refractivity contribution in [3.8, 4) is 5.75 Å². The van der Waals surface area contributed by atoms with E-state index in [-0.39, 0.29) is 140 Å². The monoisotopic (exact) mass is 1640 g/mol. The predicted octanol–water partition coefficient (Wildman–Crippen LogP) is 12.8. The van der Waals surface area contributed by atoms with Crippen LogP contribution in [0.15, 0.2) is 127 Å². The van der Waals surface area contributed by atoms with Crippen LogP contribution in [0.2, 0.25) is 15.5 Å². The number of amides is 7. The molecule has 27 nitrogen and oxygen atoms in total. The van der Waals surface area contributed by atoms with Crippen LogP contribution in [-0.4, -0.2) is 109 Å². The third-order valence-corrected chi connectivity index (χ3v) is 21.5. The van der Waals surface area contributed by atoms with Gasteiger partial charge in [-0.2, -0.15) is 15.3 Å². The van der Waals surface area contributed by atoms with Gasteiger partial charge >= 0.3 is 0 Å². The Kier molecular flexibility index (Phi) is 23.0. The van der Waals surface area contributed by atoms with Crippen molar-refractivity contribution in [3.05, 3.63) is 283 Å². The van der Waals surface area contributed by atoms with E-state index >= 15 is 0 Å². The number of hydrogen-bond donors (Lipinski definition) is 7. The zero-order chi connectivity index (χ0) is 83.1. The maximum atomic E-state index is 13.6. The molecule has 4 aliphatic rings. The van der Waals surface area contributed by atoms with Gasteiger partial charge in [0.25, 0.3) is 41.4 Å². The molecule has 0 unspecified atom stereocenters. The van der Waals surface area contributed by atoms with Crippen molar-refractivity contribution in [1.82, 2.24) is 75.7 Å². The number of fused-ring (bicyclic) bond motifs is 7. The summed E-state index contributed by atoms with van der Waals surface area (Å²) in [6.07, 6.45) is 4.20. The molecule has 7 N–H and O–H groups in total. The van der Waals surface area contributed by atoms with Gasteiger partial charge in [0.15, 0.2) is 68.0 Å². The Morgan fingerprint density at radius 1 is 0.436 bits per heavy atom. The minimum absolute atomic E-state index is 0.00531. The zero-order valence-corrected chi connectivity index (χ0v) is 66.0. The maximum absolute atomic E-state index is 13.6. The van der Waals surface area contributed by atoms with E-state index in [1.807, 2.05) is 39.0 Å². The van der Waals surface area contributed by atoms with Crippen LogP contribution in [0.25, 0.3) is 16.9 Å². The smallest absolute Gasteiger partial charge is 0.270 e. The number of rotatable bonds is 18. The zero-order valence-electron chi connectivity index (χ0n) is 63.7. The number of anilines is 1. The van der Waals surface area contributed by atoms with E-state index in [0.717, 1.165) is 86.2 Å². The molecule has 7 heterocycles. The molecule has 0 spiro atoms. The van der Waals surface area contributed by atoms with Crippen molar-refractivity contribution in [2.24, 2.45) is 0 Å². The molecular formula is C84H72Cl3F3N16O11. The number of nitrogens with one attached hydrogen (secondary N) is 7. The Labute approximate surface area is 679 Å². The van der Waals surface area contributed by atoms with E-state index in [0.29, 0.717) is 64.9 Å². The van der Waals surface area contributed by atoms with E-state index in [1.165, 1.54) is 69.0 Å². The number of carbonyl (C=O) groups is 10. The number of aryl methyl sites for hydroxylation is 1. The molecule has 6 aromatic carbocycles. The number of nitrogens with zero attached hydrogens (tertiary/aromatic N) is 9. The van der Waals surface area contributed by atoms with Crippen molar-refractivity contribution in [1.29, 1.82) is 0 Å². The summed E-state index contributed by atoms with van der Waals surface area (Å²) in [5, 5.41) is 32.8. The quantitative estimate of drug-likeness (QED) is 0.0392. The van der Waals surface area contributed by atoms with Crippen LogP contribution in [0, 0.1) is 45.1 Å². The van der Waals surface area contributed by atoms with E-state index in [1.54, 1.807) is 69.3 Å². The van der Waals surface area contributed by atoms with Gasteiger partial charge < -0.3 is 42.0 Å². The Morgan fingerprint density at radius 3 is 1.15 bits per heavy atom. The summed E-state index contributed by atoms with van der Waals surface area (Å²) in [6.45, 7) is 12.2. The number of benzene rings is 6. The molecule has 7 amide bonds. The summed E-state index contributed by atoms with van der Waals surface area (Å²) >= 11 is 18.3. The second kappa shape index (κ2) is 33.4. The van der Waals surface area contributed by atoms with Crippen LogP contribution in [0.4, 0.5) is 18.9 Å².